The van der Waals surface area contributed by atoms with Crippen molar-refractivity contribution in [2.75, 3.05) is 11.9 Å². The number of ether oxygens (including phenoxy) is 1. The molecule has 108 valence electrons. The quantitative estimate of drug-likeness (QED) is 0.872. The number of aryl methyl sites for hydroxylation is 1. The first-order chi connectivity index (χ1) is 9.58. The molecular formula is C13H20N6O. The second kappa shape index (κ2) is 6.31. The summed E-state index contributed by atoms with van der Waals surface area (Å²) in [4.78, 5) is 12.9. The molecule has 0 aromatic carbocycles. The summed E-state index contributed by atoms with van der Waals surface area (Å²) >= 11 is 0. The summed E-state index contributed by atoms with van der Waals surface area (Å²) in [6, 6.07) is 2.04. The van der Waals surface area contributed by atoms with E-state index >= 15 is 0 Å². The Hall–Kier alpha value is -2.18. The van der Waals surface area contributed by atoms with Gasteiger partial charge in [0.25, 0.3) is 0 Å². The molecule has 7 heteroatoms. The minimum atomic E-state index is 0.220. The lowest BCUT2D eigenvalue weighted by atomic mass is 10.2. The molecular weight excluding hydrogens is 256 g/mol. The van der Waals surface area contributed by atoms with Gasteiger partial charge in [-0.3, -0.25) is 4.68 Å². The van der Waals surface area contributed by atoms with E-state index in [9.17, 15) is 0 Å². The van der Waals surface area contributed by atoms with Crippen molar-refractivity contribution in [1.29, 1.82) is 0 Å². The molecule has 0 fully saturated rings. The highest BCUT2D eigenvalue weighted by atomic mass is 16.5. The van der Waals surface area contributed by atoms with Gasteiger partial charge in [0.1, 0.15) is 18.0 Å². The zero-order chi connectivity index (χ0) is 14.5. The highest BCUT2D eigenvalue weighted by Gasteiger charge is 2.11. The molecule has 0 unspecified atom stereocenters. The van der Waals surface area contributed by atoms with Crippen molar-refractivity contribution in [1.82, 2.24) is 24.7 Å². The normalized spacial score (nSPS) is 10.8. The van der Waals surface area contributed by atoms with E-state index in [0.29, 0.717) is 5.88 Å². The average Bonchev–Trinajstić information content (AvgIpc) is 2.81. The molecule has 0 aliphatic heterocycles. The van der Waals surface area contributed by atoms with Gasteiger partial charge in [-0.05, 0) is 6.42 Å². The van der Waals surface area contributed by atoms with E-state index in [1.165, 1.54) is 0 Å². The lowest BCUT2D eigenvalue weighted by Crippen LogP contribution is -2.07. The first kappa shape index (κ1) is 14.2. The topological polar surface area (TPSA) is 77.8 Å². The van der Waals surface area contributed by atoms with Crippen LogP contribution in [0.25, 0.3) is 0 Å². The van der Waals surface area contributed by atoms with E-state index in [2.05, 4.69) is 32.3 Å². The molecule has 0 aliphatic rings. The van der Waals surface area contributed by atoms with Crippen molar-refractivity contribution in [3.8, 4) is 11.9 Å². The van der Waals surface area contributed by atoms with Gasteiger partial charge >= 0.3 is 6.01 Å². The Morgan fingerprint density at radius 2 is 2.15 bits per heavy atom. The first-order valence-electron chi connectivity index (χ1n) is 6.74. The molecule has 2 rings (SSSR count). The summed E-state index contributed by atoms with van der Waals surface area (Å²) in [5.74, 6) is 2.17. The highest BCUT2D eigenvalue weighted by molar-refractivity contribution is 5.39. The fourth-order valence-electron chi connectivity index (χ4n) is 1.56. The van der Waals surface area contributed by atoms with Crippen LogP contribution >= 0.6 is 0 Å². The lowest BCUT2D eigenvalue weighted by Gasteiger charge is -2.10. The molecule has 0 saturated heterocycles. The van der Waals surface area contributed by atoms with E-state index in [-0.39, 0.29) is 11.9 Å². The molecule has 0 amide bonds. The van der Waals surface area contributed by atoms with Crippen LogP contribution in [0.15, 0.2) is 12.4 Å². The summed E-state index contributed by atoms with van der Waals surface area (Å²) in [5.41, 5.74) is 0. The van der Waals surface area contributed by atoms with E-state index in [4.69, 9.17) is 4.74 Å². The minimum Gasteiger partial charge on any atom is -0.404 e. The van der Waals surface area contributed by atoms with Crippen LogP contribution in [-0.4, -0.2) is 31.3 Å². The molecule has 0 atom stereocenters. The van der Waals surface area contributed by atoms with Crippen molar-refractivity contribution in [3.05, 3.63) is 18.2 Å². The minimum absolute atomic E-state index is 0.220. The predicted molar refractivity (Wildman–Crippen MR) is 76.0 cm³/mol. The molecule has 1 N–H and O–H groups in total. The number of aromatic nitrogens is 5. The Kier molecular flexibility index (Phi) is 4.49. The number of nitrogens with zero attached hydrogens (tertiary/aromatic N) is 5. The van der Waals surface area contributed by atoms with Crippen molar-refractivity contribution in [3.63, 3.8) is 0 Å². The van der Waals surface area contributed by atoms with Gasteiger partial charge in [-0.15, -0.1) is 5.10 Å². The number of rotatable bonds is 6. The maximum absolute atomic E-state index is 5.58. The summed E-state index contributed by atoms with van der Waals surface area (Å²) in [6.07, 6.45) is 2.61. The Morgan fingerprint density at radius 3 is 2.75 bits per heavy atom. The van der Waals surface area contributed by atoms with Gasteiger partial charge in [-0.25, -0.2) is 4.98 Å². The lowest BCUT2D eigenvalue weighted by molar-refractivity contribution is 0.418. The second-order valence-electron chi connectivity index (χ2n) is 4.83. The Labute approximate surface area is 118 Å². The van der Waals surface area contributed by atoms with Crippen LogP contribution in [0.2, 0.25) is 0 Å². The number of hydrogen-bond donors (Lipinski definition) is 1. The van der Waals surface area contributed by atoms with E-state index in [0.717, 1.165) is 24.6 Å². The third kappa shape index (κ3) is 3.66. The summed E-state index contributed by atoms with van der Waals surface area (Å²) in [5, 5.41) is 7.32. The molecule has 0 saturated carbocycles. The maximum atomic E-state index is 5.58. The van der Waals surface area contributed by atoms with Gasteiger partial charge in [0.15, 0.2) is 0 Å². The number of hydrogen-bond acceptors (Lipinski definition) is 6. The number of anilines is 1. The highest BCUT2D eigenvalue weighted by Crippen LogP contribution is 2.21. The van der Waals surface area contributed by atoms with Gasteiger partial charge in [0.2, 0.25) is 5.88 Å². The van der Waals surface area contributed by atoms with E-state index in [1.54, 1.807) is 24.1 Å². The zero-order valence-electron chi connectivity index (χ0n) is 12.3. The van der Waals surface area contributed by atoms with Gasteiger partial charge < -0.3 is 10.1 Å². The molecule has 0 spiro atoms. The SMILES string of the molecule is CCCNc1cc(Oc2ncn(C)n2)nc(C(C)C)n1. The van der Waals surface area contributed by atoms with E-state index < -0.39 is 0 Å². The standard InChI is InChI=1S/C13H20N6O/c1-5-6-14-10-7-11(17-12(16-10)9(2)3)20-13-15-8-19(4)18-13/h7-9H,5-6H2,1-4H3,(H,14,16,17). The first-order valence-corrected chi connectivity index (χ1v) is 6.74. The predicted octanol–water partition coefficient (Wildman–Crippen LogP) is 2.34. The smallest absolute Gasteiger partial charge is 0.342 e. The number of nitrogens with one attached hydrogen (secondary N) is 1. The Balaban J connectivity index is 2.23. The van der Waals surface area contributed by atoms with Crippen LogP contribution in [0.5, 0.6) is 11.9 Å². The van der Waals surface area contributed by atoms with Crippen LogP contribution < -0.4 is 10.1 Å². The van der Waals surface area contributed by atoms with Gasteiger partial charge in [-0.2, -0.15) is 9.97 Å². The maximum Gasteiger partial charge on any atom is 0.342 e. The molecule has 0 radical (unpaired) electrons. The third-order valence-corrected chi connectivity index (χ3v) is 2.57. The van der Waals surface area contributed by atoms with Crippen LogP contribution in [0.4, 0.5) is 5.82 Å². The van der Waals surface area contributed by atoms with Crippen molar-refractivity contribution < 1.29 is 4.74 Å². The molecule has 2 aromatic rings. The fourth-order valence-corrected chi connectivity index (χ4v) is 1.56. The molecule has 7 nitrogen and oxygen atoms in total. The molecule has 2 heterocycles. The molecule has 2 aromatic heterocycles. The Bertz CT molecular complexity index is 566. The zero-order valence-corrected chi connectivity index (χ0v) is 12.3. The van der Waals surface area contributed by atoms with Gasteiger partial charge in [-0.1, -0.05) is 20.8 Å². The van der Waals surface area contributed by atoms with Crippen LogP contribution in [0, 0.1) is 0 Å². The largest absolute Gasteiger partial charge is 0.404 e. The summed E-state index contributed by atoms with van der Waals surface area (Å²) in [7, 11) is 1.79. The van der Waals surface area contributed by atoms with Crippen LogP contribution in [0.1, 0.15) is 38.9 Å². The molecule has 0 aliphatic carbocycles. The Morgan fingerprint density at radius 1 is 1.35 bits per heavy atom. The van der Waals surface area contributed by atoms with E-state index in [1.807, 2.05) is 13.8 Å². The molecule has 20 heavy (non-hydrogen) atoms. The van der Waals surface area contributed by atoms with Gasteiger partial charge in [0.05, 0.1) is 0 Å². The summed E-state index contributed by atoms with van der Waals surface area (Å²) < 4.78 is 7.16. The van der Waals surface area contributed by atoms with Crippen molar-refractivity contribution in [2.24, 2.45) is 7.05 Å². The fraction of sp³-hybridized carbons (Fsp3) is 0.538. The van der Waals surface area contributed by atoms with Crippen molar-refractivity contribution in [2.45, 2.75) is 33.1 Å². The van der Waals surface area contributed by atoms with Crippen LogP contribution in [-0.2, 0) is 7.05 Å². The van der Waals surface area contributed by atoms with Crippen molar-refractivity contribution >= 4 is 5.82 Å². The molecule has 0 bridgehead atoms. The third-order valence-electron chi connectivity index (χ3n) is 2.57. The monoisotopic (exact) mass is 276 g/mol. The van der Waals surface area contributed by atoms with Gasteiger partial charge in [0, 0.05) is 25.6 Å². The van der Waals surface area contributed by atoms with Crippen LogP contribution in [0.3, 0.4) is 0 Å². The average molecular weight is 276 g/mol. The second-order valence-corrected chi connectivity index (χ2v) is 4.83. The summed E-state index contributed by atoms with van der Waals surface area (Å²) in [6.45, 7) is 7.05.